The average Bonchev–Trinajstić information content (AvgIpc) is 2.65. The first-order valence-electron chi connectivity index (χ1n) is 8.91. The van der Waals surface area contributed by atoms with Crippen molar-refractivity contribution < 1.29 is 14.3 Å². The van der Waals surface area contributed by atoms with Crippen molar-refractivity contribution in [1.82, 2.24) is 10.2 Å². The molecule has 5 nitrogen and oxygen atoms in total. The molecule has 2 amide bonds. The lowest BCUT2D eigenvalue weighted by atomic mass is 10.1. The maximum absolute atomic E-state index is 12.8. The number of hydrogen-bond acceptors (Lipinski definition) is 3. The molecule has 0 aliphatic carbocycles. The molecule has 0 radical (unpaired) electrons. The van der Waals surface area contributed by atoms with Crippen LogP contribution in [0.2, 0.25) is 5.02 Å². The number of rotatable bonds is 8. The Labute approximate surface area is 165 Å². The van der Waals surface area contributed by atoms with Crippen LogP contribution in [0.3, 0.4) is 0 Å². The van der Waals surface area contributed by atoms with E-state index in [1.54, 1.807) is 31.2 Å². The van der Waals surface area contributed by atoms with Crippen LogP contribution in [-0.4, -0.2) is 35.9 Å². The minimum absolute atomic E-state index is 0.171. The molecular formula is C21H25ClN2O3. The van der Waals surface area contributed by atoms with Crippen molar-refractivity contribution in [2.24, 2.45) is 0 Å². The average molecular weight is 389 g/mol. The Hall–Kier alpha value is -2.53. The van der Waals surface area contributed by atoms with Crippen LogP contribution in [0.5, 0.6) is 5.75 Å². The molecule has 0 aliphatic heterocycles. The fourth-order valence-corrected chi connectivity index (χ4v) is 2.76. The molecule has 1 N–H and O–H groups in total. The first-order chi connectivity index (χ1) is 12.9. The standard InChI is InChI=1S/C21H25ClN2O3/c1-4-23-21(26)16(3)24(13-17-10-8-15(2)9-11-17)20(25)14-27-19-7-5-6-18(22)12-19/h5-12,16H,4,13-14H2,1-3H3,(H,23,26). The van der Waals surface area contributed by atoms with Gasteiger partial charge in [-0.2, -0.15) is 0 Å². The van der Waals surface area contributed by atoms with E-state index >= 15 is 0 Å². The van der Waals surface area contributed by atoms with Crippen LogP contribution in [0.4, 0.5) is 0 Å². The van der Waals surface area contributed by atoms with E-state index < -0.39 is 6.04 Å². The summed E-state index contributed by atoms with van der Waals surface area (Å²) in [6, 6.07) is 14.1. The molecule has 144 valence electrons. The fraction of sp³-hybridized carbons (Fsp3) is 0.333. The number of nitrogens with zero attached hydrogens (tertiary/aromatic N) is 1. The van der Waals surface area contributed by atoms with Gasteiger partial charge in [-0.25, -0.2) is 0 Å². The van der Waals surface area contributed by atoms with Gasteiger partial charge in [-0.1, -0.05) is 47.5 Å². The molecule has 0 heterocycles. The number of amides is 2. The number of nitrogens with one attached hydrogen (secondary N) is 1. The number of likely N-dealkylation sites (N-methyl/N-ethyl adjacent to an activating group) is 1. The summed E-state index contributed by atoms with van der Waals surface area (Å²) in [5, 5.41) is 3.30. The van der Waals surface area contributed by atoms with Gasteiger partial charge in [-0.15, -0.1) is 0 Å². The van der Waals surface area contributed by atoms with Gasteiger partial charge in [-0.3, -0.25) is 9.59 Å². The van der Waals surface area contributed by atoms with E-state index in [-0.39, 0.29) is 18.4 Å². The van der Waals surface area contributed by atoms with Gasteiger partial charge in [-0.05, 0) is 44.5 Å². The summed E-state index contributed by atoms with van der Waals surface area (Å²) in [5.41, 5.74) is 2.09. The van der Waals surface area contributed by atoms with Crippen LogP contribution in [-0.2, 0) is 16.1 Å². The molecule has 0 bridgehead atoms. The molecule has 2 rings (SSSR count). The Morgan fingerprint density at radius 2 is 1.89 bits per heavy atom. The van der Waals surface area contributed by atoms with E-state index in [2.05, 4.69) is 5.32 Å². The minimum atomic E-state index is -0.610. The van der Waals surface area contributed by atoms with Crippen molar-refractivity contribution in [3.05, 3.63) is 64.7 Å². The van der Waals surface area contributed by atoms with Gasteiger partial charge in [0.05, 0.1) is 0 Å². The minimum Gasteiger partial charge on any atom is -0.484 e. The summed E-state index contributed by atoms with van der Waals surface area (Å²) >= 11 is 5.94. The topological polar surface area (TPSA) is 58.6 Å². The lowest BCUT2D eigenvalue weighted by Gasteiger charge is -2.28. The van der Waals surface area contributed by atoms with E-state index in [1.165, 1.54) is 4.90 Å². The number of benzene rings is 2. The van der Waals surface area contributed by atoms with Crippen LogP contribution in [0.15, 0.2) is 48.5 Å². The van der Waals surface area contributed by atoms with Crippen molar-refractivity contribution in [3.8, 4) is 5.75 Å². The van der Waals surface area contributed by atoms with Crippen molar-refractivity contribution in [2.45, 2.75) is 33.4 Å². The van der Waals surface area contributed by atoms with Gasteiger partial charge in [0, 0.05) is 18.1 Å². The van der Waals surface area contributed by atoms with E-state index in [4.69, 9.17) is 16.3 Å². The predicted octanol–water partition coefficient (Wildman–Crippen LogP) is 3.58. The highest BCUT2D eigenvalue weighted by Gasteiger charge is 2.26. The molecule has 0 aliphatic rings. The third-order valence-electron chi connectivity index (χ3n) is 4.15. The Bertz CT molecular complexity index is 777. The normalized spacial score (nSPS) is 11.6. The van der Waals surface area contributed by atoms with Gasteiger partial charge in [0.1, 0.15) is 11.8 Å². The van der Waals surface area contributed by atoms with Crippen molar-refractivity contribution >= 4 is 23.4 Å². The zero-order valence-electron chi connectivity index (χ0n) is 15.9. The predicted molar refractivity (Wildman–Crippen MR) is 107 cm³/mol. The highest BCUT2D eigenvalue weighted by Crippen LogP contribution is 2.18. The number of halogens is 1. The third-order valence-corrected chi connectivity index (χ3v) is 4.39. The number of ether oxygens (including phenoxy) is 1. The van der Waals surface area contributed by atoms with Gasteiger partial charge in [0.2, 0.25) is 5.91 Å². The summed E-state index contributed by atoms with van der Waals surface area (Å²) in [6.45, 7) is 6.24. The van der Waals surface area contributed by atoms with Crippen LogP contribution in [0.1, 0.15) is 25.0 Å². The van der Waals surface area contributed by atoms with Gasteiger partial charge in [0.25, 0.3) is 5.91 Å². The van der Waals surface area contributed by atoms with Crippen LogP contribution in [0.25, 0.3) is 0 Å². The molecule has 0 spiro atoms. The first-order valence-corrected chi connectivity index (χ1v) is 9.29. The van der Waals surface area contributed by atoms with Crippen LogP contribution >= 0.6 is 11.6 Å². The van der Waals surface area contributed by atoms with Crippen molar-refractivity contribution in [1.29, 1.82) is 0 Å². The number of carbonyl (C=O) groups excluding carboxylic acids is 2. The summed E-state index contributed by atoms with van der Waals surface area (Å²) in [7, 11) is 0. The Morgan fingerprint density at radius 3 is 2.52 bits per heavy atom. The Kier molecular flexibility index (Phi) is 7.67. The van der Waals surface area contributed by atoms with Crippen LogP contribution in [0, 0.1) is 6.92 Å². The van der Waals surface area contributed by atoms with Crippen molar-refractivity contribution in [3.63, 3.8) is 0 Å². The zero-order chi connectivity index (χ0) is 19.8. The molecule has 1 unspecified atom stereocenters. The van der Waals surface area contributed by atoms with Gasteiger partial charge in [0.15, 0.2) is 6.61 Å². The SMILES string of the molecule is CCNC(=O)C(C)N(Cc1ccc(C)cc1)C(=O)COc1cccc(Cl)c1. The zero-order valence-corrected chi connectivity index (χ0v) is 16.6. The summed E-state index contributed by atoms with van der Waals surface area (Å²) in [5.74, 6) is 0.0480. The molecule has 27 heavy (non-hydrogen) atoms. The number of aryl methyl sites for hydroxylation is 1. The second kappa shape index (κ2) is 9.97. The van der Waals surface area contributed by atoms with Gasteiger partial charge < -0.3 is 15.0 Å². The second-order valence-electron chi connectivity index (χ2n) is 6.32. The number of hydrogen-bond donors (Lipinski definition) is 1. The van der Waals surface area contributed by atoms with E-state index in [0.717, 1.165) is 11.1 Å². The molecule has 2 aromatic carbocycles. The van der Waals surface area contributed by atoms with Crippen molar-refractivity contribution in [2.75, 3.05) is 13.2 Å². The van der Waals surface area contributed by atoms with E-state index in [1.807, 2.05) is 38.1 Å². The molecule has 0 fully saturated rings. The molecule has 0 saturated carbocycles. The lowest BCUT2D eigenvalue weighted by molar-refractivity contribution is -0.142. The largest absolute Gasteiger partial charge is 0.484 e. The van der Waals surface area contributed by atoms with Gasteiger partial charge >= 0.3 is 0 Å². The highest BCUT2D eigenvalue weighted by molar-refractivity contribution is 6.30. The monoisotopic (exact) mass is 388 g/mol. The Morgan fingerprint density at radius 1 is 1.19 bits per heavy atom. The summed E-state index contributed by atoms with van der Waals surface area (Å²) in [4.78, 5) is 26.6. The molecule has 2 aromatic rings. The van der Waals surface area contributed by atoms with E-state index in [0.29, 0.717) is 23.9 Å². The maximum Gasteiger partial charge on any atom is 0.261 e. The number of carbonyl (C=O) groups is 2. The highest BCUT2D eigenvalue weighted by atomic mass is 35.5. The summed E-state index contributed by atoms with van der Waals surface area (Å²) < 4.78 is 5.57. The molecule has 1 atom stereocenters. The second-order valence-corrected chi connectivity index (χ2v) is 6.76. The summed E-state index contributed by atoms with van der Waals surface area (Å²) in [6.07, 6.45) is 0. The first kappa shape index (κ1) is 20.8. The fourth-order valence-electron chi connectivity index (χ4n) is 2.58. The Balaban J connectivity index is 2.12. The molecule has 6 heteroatoms. The van der Waals surface area contributed by atoms with E-state index in [9.17, 15) is 9.59 Å². The third kappa shape index (κ3) is 6.29. The lowest BCUT2D eigenvalue weighted by Crippen LogP contribution is -2.49. The maximum atomic E-state index is 12.8. The molecule has 0 aromatic heterocycles. The quantitative estimate of drug-likeness (QED) is 0.751. The molecule has 0 saturated heterocycles. The van der Waals surface area contributed by atoms with Crippen LogP contribution < -0.4 is 10.1 Å². The smallest absolute Gasteiger partial charge is 0.261 e. The molecular weight excluding hydrogens is 364 g/mol.